The zero-order valence-corrected chi connectivity index (χ0v) is 19.4. The van der Waals surface area contributed by atoms with Gasteiger partial charge in [-0.1, -0.05) is 91.7 Å². The van der Waals surface area contributed by atoms with Crippen LogP contribution in [0.4, 0.5) is 0 Å². The molecule has 0 amide bonds. The monoisotopic (exact) mass is 411 g/mol. The van der Waals surface area contributed by atoms with Crippen molar-refractivity contribution in [1.82, 2.24) is 0 Å². The first-order valence-corrected chi connectivity index (χ1v) is 11.2. The molecule has 5 nitrogen and oxygen atoms in total. The standard InChI is InChI=1S/C16H30O2.C8H15NO2/c1-4-5-6-7-8-9-10-11-12-13-14-18-16(17)15(2)3;1-6(2)7(3)8(10)11-5-4-9/h2,4-14H2,1,3H3;6H,3-5,9H2,1-2H3. The van der Waals surface area contributed by atoms with Crippen LogP contribution in [0, 0.1) is 5.92 Å². The van der Waals surface area contributed by atoms with E-state index in [2.05, 4.69) is 20.1 Å². The lowest BCUT2D eigenvalue weighted by Gasteiger charge is -2.07. The summed E-state index contributed by atoms with van der Waals surface area (Å²) in [6.45, 7) is 16.0. The number of esters is 2. The van der Waals surface area contributed by atoms with Crippen LogP contribution in [0.5, 0.6) is 0 Å². The lowest BCUT2D eigenvalue weighted by atomic mass is 10.1. The van der Waals surface area contributed by atoms with Crippen LogP contribution in [0.3, 0.4) is 0 Å². The molecule has 0 heterocycles. The first kappa shape index (κ1) is 29.6. The second-order valence-corrected chi connectivity index (χ2v) is 7.70. The van der Waals surface area contributed by atoms with E-state index in [1.165, 1.54) is 57.8 Å². The van der Waals surface area contributed by atoms with E-state index in [4.69, 9.17) is 15.2 Å². The quantitative estimate of drug-likeness (QED) is 0.199. The molecule has 0 aliphatic heterocycles. The fourth-order valence-electron chi connectivity index (χ4n) is 2.36. The Kier molecular flexibility index (Phi) is 21.5. The molecule has 0 radical (unpaired) electrons. The minimum atomic E-state index is -0.342. The van der Waals surface area contributed by atoms with Crippen molar-refractivity contribution in [3.63, 3.8) is 0 Å². The first-order chi connectivity index (χ1) is 13.8. The SMILES string of the molecule is C=C(C(=O)OCCN)C(C)C.C=C(C)C(=O)OCCCCCCCCCCCC. The van der Waals surface area contributed by atoms with Crippen molar-refractivity contribution in [1.29, 1.82) is 0 Å². The normalized spacial score (nSPS) is 10.1. The molecule has 5 heteroatoms. The molecule has 2 N–H and O–H groups in total. The highest BCUT2D eigenvalue weighted by molar-refractivity contribution is 5.88. The Morgan fingerprint density at radius 1 is 0.793 bits per heavy atom. The Bertz CT molecular complexity index is 458. The van der Waals surface area contributed by atoms with E-state index in [0.29, 0.717) is 24.3 Å². The number of hydrogen-bond acceptors (Lipinski definition) is 5. The van der Waals surface area contributed by atoms with Gasteiger partial charge in [-0.25, -0.2) is 9.59 Å². The molecule has 170 valence electrons. The number of carbonyl (C=O) groups excluding carboxylic acids is 2. The van der Waals surface area contributed by atoms with Gasteiger partial charge in [0.25, 0.3) is 0 Å². The van der Waals surface area contributed by atoms with Crippen molar-refractivity contribution in [2.45, 2.75) is 91.9 Å². The third-order valence-corrected chi connectivity index (χ3v) is 4.39. The smallest absolute Gasteiger partial charge is 0.333 e. The van der Waals surface area contributed by atoms with Crippen LogP contribution >= 0.6 is 0 Å². The fraction of sp³-hybridized carbons (Fsp3) is 0.750. The second kappa shape index (κ2) is 21.1. The van der Waals surface area contributed by atoms with Gasteiger partial charge >= 0.3 is 11.9 Å². The Morgan fingerprint density at radius 2 is 1.24 bits per heavy atom. The number of carbonyl (C=O) groups is 2. The molecular weight excluding hydrogens is 366 g/mol. The Labute approximate surface area is 179 Å². The first-order valence-electron chi connectivity index (χ1n) is 11.2. The van der Waals surface area contributed by atoms with E-state index in [-0.39, 0.29) is 24.5 Å². The summed E-state index contributed by atoms with van der Waals surface area (Å²) in [4.78, 5) is 22.0. The Morgan fingerprint density at radius 3 is 1.66 bits per heavy atom. The maximum Gasteiger partial charge on any atom is 0.333 e. The van der Waals surface area contributed by atoms with Crippen molar-refractivity contribution in [3.8, 4) is 0 Å². The zero-order valence-electron chi connectivity index (χ0n) is 19.4. The van der Waals surface area contributed by atoms with Gasteiger partial charge in [0.15, 0.2) is 0 Å². The van der Waals surface area contributed by atoms with Crippen molar-refractivity contribution in [2.75, 3.05) is 19.8 Å². The molecule has 0 aromatic heterocycles. The second-order valence-electron chi connectivity index (χ2n) is 7.70. The summed E-state index contributed by atoms with van der Waals surface area (Å²) in [5.74, 6) is -0.461. The molecule has 0 saturated carbocycles. The predicted octanol–water partition coefficient (Wildman–Crippen LogP) is 5.73. The highest BCUT2D eigenvalue weighted by Crippen LogP contribution is 2.10. The van der Waals surface area contributed by atoms with Gasteiger partial charge in [-0.2, -0.15) is 0 Å². The summed E-state index contributed by atoms with van der Waals surface area (Å²) < 4.78 is 9.79. The van der Waals surface area contributed by atoms with Gasteiger partial charge < -0.3 is 15.2 Å². The van der Waals surface area contributed by atoms with Crippen LogP contribution in [0.1, 0.15) is 91.9 Å². The van der Waals surface area contributed by atoms with Gasteiger partial charge in [0, 0.05) is 17.7 Å². The molecule has 29 heavy (non-hydrogen) atoms. The van der Waals surface area contributed by atoms with Crippen molar-refractivity contribution in [3.05, 3.63) is 24.3 Å². The van der Waals surface area contributed by atoms with E-state index in [1.54, 1.807) is 6.92 Å². The number of nitrogens with two attached hydrogens (primary N) is 1. The molecule has 0 aliphatic rings. The molecule has 0 saturated heterocycles. The van der Waals surface area contributed by atoms with E-state index in [9.17, 15) is 9.59 Å². The molecule has 0 unspecified atom stereocenters. The van der Waals surface area contributed by atoms with Crippen LogP contribution < -0.4 is 5.73 Å². The zero-order chi connectivity index (χ0) is 22.5. The molecule has 0 aromatic carbocycles. The molecule has 0 spiro atoms. The van der Waals surface area contributed by atoms with Gasteiger partial charge in [0.05, 0.1) is 6.61 Å². The van der Waals surface area contributed by atoms with Crippen molar-refractivity contribution >= 4 is 11.9 Å². The summed E-state index contributed by atoms with van der Waals surface area (Å²) >= 11 is 0. The Balaban J connectivity index is 0. The molecule has 0 aliphatic carbocycles. The number of ether oxygens (including phenoxy) is 2. The van der Waals surface area contributed by atoms with Crippen LogP contribution in [0.15, 0.2) is 24.3 Å². The molecule has 0 rings (SSSR count). The topological polar surface area (TPSA) is 78.6 Å². The third-order valence-electron chi connectivity index (χ3n) is 4.39. The molecule has 0 fully saturated rings. The van der Waals surface area contributed by atoms with Crippen molar-refractivity contribution in [2.24, 2.45) is 11.7 Å². The van der Waals surface area contributed by atoms with Gasteiger partial charge in [0.2, 0.25) is 0 Å². The van der Waals surface area contributed by atoms with E-state index in [1.807, 2.05) is 13.8 Å². The minimum absolute atomic E-state index is 0.139. The highest BCUT2D eigenvalue weighted by atomic mass is 16.5. The van der Waals surface area contributed by atoms with Gasteiger partial charge in [0.1, 0.15) is 6.61 Å². The van der Waals surface area contributed by atoms with Crippen LogP contribution in [-0.2, 0) is 19.1 Å². The summed E-state index contributed by atoms with van der Waals surface area (Å²) in [5.41, 5.74) is 6.13. The summed E-state index contributed by atoms with van der Waals surface area (Å²) in [6.07, 6.45) is 13.0. The third kappa shape index (κ3) is 20.9. The van der Waals surface area contributed by atoms with E-state index < -0.39 is 0 Å². The maximum atomic E-state index is 11.1. The average Bonchev–Trinajstić information content (AvgIpc) is 2.69. The van der Waals surface area contributed by atoms with E-state index >= 15 is 0 Å². The number of rotatable bonds is 16. The molecule has 0 atom stereocenters. The Hall–Kier alpha value is -1.62. The summed E-state index contributed by atoms with van der Waals surface area (Å²) in [5, 5.41) is 0. The highest BCUT2D eigenvalue weighted by Gasteiger charge is 2.10. The largest absolute Gasteiger partial charge is 0.462 e. The lowest BCUT2D eigenvalue weighted by molar-refractivity contribution is -0.140. The summed E-state index contributed by atoms with van der Waals surface area (Å²) in [7, 11) is 0. The molecule has 0 aromatic rings. The molecule has 0 bridgehead atoms. The fourth-order valence-corrected chi connectivity index (χ4v) is 2.36. The molecular formula is C24H45NO4. The van der Waals surface area contributed by atoms with Crippen LogP contribution in [0.25, 0.3) is 0 Å². The minimum Gasteiger partial charge on any atom is -0.462 e. The maximum absolute atomic E-state index is 11.1. The van der Waals surface area contributed by atoms with Crippen LogP contribution in [-0.4, -0.2) is 31.7 Å². The van der Waals surface area contributed by atoms with Gasteiger partial charge in [-0.05, 0) is 19.3 Å². The van der Waals surface area contributed by atoms with Gasteiger partial charge in [-0.3, -0.25) is 0 Å². The van der Waals surface area contributed by atoms with Crippen molar-refractivity contribution < 1.29 is 19.1 Å². The predicted molar refractivity (Wildman–Crippen MR) is 122 cm³/mol. The lowest BCUT2D eigenvalue weighted by Crippen LogP contribution is -2.16. The van der Waals surface area contributed by atoms with E-state index in [0.717, 1.165) is 6.42 Å². The van der Waals surface area contributed by atoms with Crippen LogP contribution in [0.2, 0.25) is 0 Å². The number of unbranched alkanes of at least 4 members (excludes halogenated alkanes) is 9. The van der Waals surface area contributed by atoms with Gasteiger partial charge in [-0.15, -0.1) is 0 Å². The average molecular weight is 412 g/mol. The summed E-state index contributed by atoms with van der Waals surface area (Å²) in [6, 6.07) is 0. The number of hydrogen-bond donors (Lipinski definition) is 1.